The topological polar surface area (TPSA) is 141 Å². The van der Waals surface area contributed by atoms with E-state index in [2.05, 4.69) is 48.9 Å². The summed E-state index contributed by atoms with van der Waals surface area (Å²) < 4.78 is 13.3. The third-order valence-electron chi connectivity index (χ3n) is 7.87. The summed E-state index contributed by atoms with van der Waals surface area (Å²) >= 11 is 3.51. The molecule has 1 aliphatic rings. The Morgan fingerprint density at radius 2 is 1.72 bits per heavy atom. The van der Waals surface area contributed by atoms with Gasteiger partial charge in [-0.15, -0.1) is 0 Å². The van der Waals surface area contributed by atoms with Crippen LogP contribution in [0.2, 0.25) is 0 Å². The lowest BCUT2D eigenvalue weighted by atomic mass is 9.81. The highest BCUT2D eigenvalue weighted by Gasteiger charge is 2.53. The molecule has 0 spiro atoms. The van der Waals surface area contributed by atoms with Crippen LogP contribution >= 0.6 is 15.9 Å². The zero-order chi connectivity index (χ0) is 32.9. The summed E-state index contributed by atoms with van der Waals surface area (Å²) in [5.41, 5.74) is 18.0. The molecule has 1 aliphatic heterocycles. The highest BCUT2D eigenvalue weighted by atomic mass is 79.9. The Balaban J connectivity index is 1.49. The fourth-order valence-electron chi connectivity index (χ4n) is 5.49. The molecule has 10 nitrogen and oxygen atoms in total. The molecule has 0 saturated heterocycles. The number of azide groups is 1. The van der Waals surface area contributed by atoms with Crippen LogP contribution in [0.1, 0.15) is 46.8 Å². The van der Waals surface area contributed by atoms with Crippen molar-refractivity contribution < 1.29 is 19.4 Å². The van der Waals surface area contributed by atoms with Crippen molar-refractivity contribution >= 4 is 27.7 Å². The van der Waals surface area contributed by atoms with Gasteiger partial charge in [-0.05, 0) is 77.0 Å². The highest BCUT2D eigenvalue weighted by Crippen LogP contribution is 2.44. The molecule has 2 atom stereocenters. The van der Waals surface area contributed by atoms with Gasteiger partial charge in [-0.3, -0.25) is 10.2 Å². The monoisotopic (exact) mass is 696 g/mol. The number of aliphatic hydroxyl groups is 1. The number of nitrogens with one attached hydrogen (secondary N) is 2. The van der Waals surface area contributed by atoms with Gasteiger partial charge in [0.2, 0.25) is 5.90 Å². The number of nitrogens with zero attached hydrogens (tertiary/aromatic N) is 4. The van der Waals surface area contributed by atoms with Crippen LogP contribution < -0.4 is 15.6 Å². The Hall–Kier alpha value is -4.67. The summed E-state index contributed by atoms with van der Waals surface area (Å²) in [5.74, 6) is 0.616. The van der Waals surface area contributed by atoms with Gasteiger partial charge in [0.05, 0.1) is 13.2 Å². The number of hydrazine groups is 1. The molecule has 0 radical (unpaired) electrons. The quantitative estimate of drug-likeness (QED) is 0.0390. The standard InChI is InChI=1S/C36H37BrN6O4/c37-30-17-13-27(14-18-30)24-36(35(45)42-39-21-6-10-26-8-2-1-3-9-26)33(32-12-5-4-11-29(32)25-40-43-38)47-34(41-36)28-15-19-31(20-16-28)46-23-7-22-44/h1-5,8-9,11-20,33,39,44H,6-7,10,21-25H2,(H,42,45)/t33-,36-/m0/s1. The molecule has 4 aromatic carbocycles. The minimum absolute atomic E-state index is 0.0513. The molecule has 0 aliphatic carbocycles. The second-order valence-electron chi connectivity index (χ2n) is 11.2. The van der Waals surface area contributed by atoms with Crippen molar-refractivity contribution in [3.63, 3.8) is 0 Å². The van der Waals surface area contributed by atoms with Crippen LogP contribution in [0, 0.1) is 0 Å². The van der Waals surface area contributed by atoms with Crippen molar-refractivity contribution in [3.05, 3.63) is 146 Å². The second-order valence-corrected chi connectivity index (χ2v) is 12.1. The lowest BCUT2D eigenvalue weighted by molar-refractivity contribution is -0.130. The molecule has 1 heterocycles. The molecule has 0 bridgehead atoms. The Morgan fingerprint density at radius 3 is 2.47 bits per heavy atom. The summed E-state index contributed by atoms with van der Waals surface area (Å²) in [6, 6.07) is 32.8. The van der Waals surface area contributed by atoms with Gasteiger partial charge in [0.1, 0.15) is 5.75 Å². The number of carbonyl (C=O) groups is 1. The zero-order valence-corrected chi connectivity index (χ0v) is 27.5. The van der Waals surface area contributed by atoms with Crippen LogP contribution in [0.3, 0.4) is 0 Å². The number of aryl methyl sites for hydroxylation is 1. The van der Waals surface area contributed by atoms with E-state index in [9.17, 15) is 4.79 Å². The Morgan fingerprint density at radius 1 is 0.979 bits per heavy atom. The molecule has 0 saturated carbocycles. The molecular weight excluding hydrogens is 660 g/mol. The minimum atomic E-state index is -1.42. The number of ether oxygens (including phenoxy) is 2. The third-order valence-corrected chi connectivity index (χ3v) is 8.40. The Labute approximate surface area is 282 Å². The maximum absolute atomic E-state index is 14.5. The van der Waals surface area contributed by atoms with Crippen molar-refractivity contribution in [1.82, 2.24) is 10.9 Å². The number of hydrogen-bond acceptors (Lipinski definition) is 7. The minimum Gasteiger partial charge on any atom is -0.494 e. The van der Waals surface area contributed by atoms with Gasteiger partial charge in [0.15, 0.2) is 11.6 Å². The van der Waals surface area contributed by atoms with E-state index >= 15 is 0 Å². The van der Waals surface area contributed by atoms with Crippen molar-refractivity contribution in [3.8, 4) is 5.75 Å². The molecular formula is C36H37BrN6O4. The summed E-state index contributed by atoms with van der Waals surface area (Å²) in [6.45, 7) is 1.10. The number of benzene rings is 4. The molecule has 5 rings (SSSR count). The lowest BCUT2D eigenvalue weighted by Crippen LogP contribution is -2.54. The maximum Gasteiger partial charge on any atom is 0.266 e. The van der Waals surface area contributed by atoms with E-state index < -0.39 is 11.6 Å². The van der Waals surface area contributed by atoms with E-state index in [4.69, 9.17) is 25.1 Å². The summed E-state index contributed by atoms with van der Waals surface area (Å²) in [5, 5.41) is 12.9. The van der Waals surface area contributed by atoms with Gasteiger partial charge < -0.3 is 14.6 Å². The second kappa shape index (κ2) is 16.8. The van der Waals surface area contributed by atoms with Crippen molar-refractivity contribution in [2.75, 3.05) is 19.8 Å². The van der Waals surface area contributed by atoms with Gasteiger partial charge in [-0.2, -0.15) is 0 Å². The van der Waals surface area contributed by atoms with E-state index in [0.29, 0.717) is 42.3 Å². The predicted octanol–water partition coefficient (Wildman–Crippen LogP) is 6.77. The van der Waals surface area contributed by atoms with Crippen LogP contribution in [0.5, 0.6) is 5.75 Å². The number of halogens is 1. The normalized spacial score (nSPS) is 16.9. The van der Waals surface area contributed by atoms with E-state index in [0.717, 1.165) is 28.4 Å². The number of carbonyl (C=O) groups excluding carboxylic acids is 1. The Kier molecular flexibility index (Phi) is 12.0. The largest absolute Gasteiger partial charge is 0.494 e. The number of rotatable bonds is 16. The van der Waals surface area contributed by atoms with Crippen LogP contribution in [-0.4, -0.2) is 42.2 Å². The number of amides is 1. The summed E-state index contributed by atoms with van der Waals surface area (Å²) in [6.07, 6.45) is 1.62. The van der Waals surface area contributed by atoms with E-state index in [1.54, 1.807) is 0 Å². The van der Waals surface area contributed by atoms with Crippen LogP contribution in [0.25, 0.3) is 10.4 Å². The van der Waals surface area contributed by atoms with Crippen molar-refractivity contribution in [2.45, 2.75) is 43.9 Å². The number of aliphatic hydroxyl groups excluding tert-OH is 1. The molecule has 47 heavy (non-hydrogen) atoms. The summed E-state index contributed by atoms with van der Waals surface area (Å²) in [4.78, 5) is 22.5. The van der Waals surface area contributed by atoms with Gasteiger partial charge in [0.25, 0.3) is 5.91 Å². The van der Waals surface area contributed by atoms with E-state index in [1.807, 2.05) is 91.0 Å². The Bertz CT molecular complexity index is 1700. The lowest BCUT2D eigenvalue weighted by Gasteiger charge is -2.32. The number of hydrogen-bond donors (Lipinski definition) is 3. The van der Waals surface area contributed by atoms with Gasteiger partial charge in [-0.1, -0.05) is 87.8 Å². The van der Waals surface area contributed by atoms with Crippen LogP contribution in [0.4, 0.5) is 0 Å². The first-order chi connectivity index (χ1) is 23.0. The molecule has 1 amide bonds. The first-order valence-electron chi connectivity index (χ1n) is 15.5. The molecule has 11 heteroatoms. The van der Waals surface area contributed by atoms with E-state index in [1.165, 1.54) is 5.56 Å². The smallest absolute Gasteiger partial charge is 0.266 e. The molecule has 242 valence electrons. The SMILES string of the molecule is [N-]=[N+]=NCc1ccccc1[C@@H]1OC(c2ccc(OCCCO)cc2)=N[C@]1(Cc1ccc(Br)cc1)C(=O)NNCCCc1ccccc1. The first-order valence-corrected chi connectivity index (χ1v) is 16.3. The highest BCUT2D eigenvalue weighted by molar-refractivity contribution is 9.10. The third kappa shape index (κ3) is 8.78. The number of aliphatic imine (C=N–C) groups is 1. The fourth-order valence-corrected chi connectivity index (χ4v) is 5.76. The van der Waals surface area contributed by atoms with E-state index in [-0.39, 0.29) is 25.5 Å². The van der Waals surface area contributed by atoms with Gasteiger partial charge >= 0.3 is 0 Å². The molecule has 0 fully saturated rings. The van der Waals surface area contributed by atoms with Crippen LogP contribution in [-0.2, 0) is 28.9 Å². The maximum atomic E-state index is 14.5. The average molecular weight is 698 g/mol. The molecule has 0 aromatic heterocycles. The zero-order valence-electron chi connectivity index (χ0n) is 25.9. The molecule has 3 N–H and O–H groups in total. The van der Waals surface area contributed by atoms with Crippen molar-refractivity contribution in [2.24, 2.45) is 10.1 Å². The molecule has 4 aromatic rings. The van der Waals surface area contributed by atoms with Gasteiger partial charge in [0, 0.05) is 40.9 Å². The summed E-state index contributed by atoms with van der Waals surface area (Å²) in [7, 11) is 0. The first kappa shape index (κ1) is 33.7. The average Bonchev–Trinajstić information content (AvgIpc) is 3.49. The predicted molar refractivity (Wildman–Crippen MR) is 185 cm³/mol. The van der Waals surface area contributed by atoms with Gasteiger partial charge in [-0.25, -0.2) is 10.4 Å². The van der Waals surface area contributed by atoms with Crippen molar-refractivity contribution in [1.29, 1.82) is 0 Å². The van der Waals surface area contributed by atoms with Crippen LogP contribution in [0.15, 0.2) is 118 Å². The fraction of sp³-hybridized carbons (Fsp3) is 0.278. The molecule has 0 unspecified atom stereocenters.